The lowest BCUT2D eigenvalue weighted by molar-refractivity contribution is -0.664. The van der Waals surface area contributed by atoms with Gasteiger partial charge < -0.3 is 37.2 Å². The number of aliphatic carboxylic acids is 2. The Morgan fingerprint density at radius 2 is 2.07 bits per heavy atom. The summed E-state index contributed by atoms with van der Waals surface area (Å²) < 4.78 is 3.67. The number of carboxylic acid groups (broad SMARTS) is 2. The molecule has 20 heteroatoms. The van der Waals surface area contributed by atoms with E-state index in [0.717, 1.165) is 34.7 Å². The fourth-order valence-corrected chi connectivity index (χ4v) is 7.25. The van der Waals surface area contributed by atoms with Gasteiger partial charge in [-0.05, 0) is 44.1 Å². The van der Waals surface area contributed by atoms with Crippen molar-refractivity contribution in [1.29, 1.82) is 0 Å². The van der Waals surface area contributed by atoms with Gasteiger partial charge in [0.25, 0.3) is 11.8 Å². The maximum atomic E-state index is 13.4. The number of hydrogen-bond donors (Lipinski definition) is 6. The maximum absolute atomic E-state index is 13.4. The number of nitrogens with one attached hydrogen (secondary N) is 2. The zero-order valence-corrected chi connectivity index (χ0v) is 26.9. The summed E-state index contributed by atoms with van der Waals surface area (Å²) in [6.07, 6.45) is 1.18. The highest BCUT2D eigenvalue weighted by atomic mass is 35.5. The van der Waals surface area contributed by atoms with Gasteiger partial charge in [0.1, 0.15) is 39.2 Å². The predicted molar refractivity (Wildman–Crippen MR) is 169 cm³/mol. The second-order valence-corrected chi connectivity index (χ2v) is 13.0. The number of nitrogen functional groups attached to an aromatic ring is 2. The normalized spacial score (nSPS) is 18.7. The smallest absolute Gasteiger partial charge is 0.352 e. The molecule has 2 aliphatic rings. The number of hydrogen-bond acceptors (Lipinski definition) is 13. The van der Waals surface area contributed by atoms with Crippen molar-refractivity contribution in [2.45, 2.75) is 44.0 Å². The monoisotopic (exact) mass is 693 g/mol. The van der Waals surface area contributed by atoms with Gasteiger partial charge in [-0.1, -0.05) is 28.1 Å². The minimum Gasteiger partial charge on any atom is -0.478 e. The Bertz CT molecular complexity index is 1790. The number of nitrogens with zero attached hydrogens (tertiary/aromatic N) is 6. The van der Waals surface area contributed by atoms with E-state index in [1.807, 2.05) is 23.7 Å². The summed E-state index contributed by atoms with van der Waals surface area (Å²) in [5.41, 5.74) is 12.9. The Kier molecular flexibility index (Phi) is 9.66. The number of β-lactam (4-membered cyclic amide) rings is 1. The van der Waals surface area contributed by atoms with Crippen LogP contribution < -0.4 is 26.7 Å². The van der Waals surface area contributed by atoms with E-state index < -0.39 is 47.0 Å². The number of aryl methyl sites for hydroxylation is 1. The molecule has 8 N–H and O–H groups in total. The van der Waals surface area contributed by atoms with Crippen LogP contribution in [0.5, 0.6) is 0 Å². The Labute approximate surface area is 274 Å². The van der Waals surface area contributed by atoms with Crippen LogP contribution in [0.2, 0.25) is 4.34 Å². The van der Waals surface area contributed by atoms with Crippen LogP contribution in [0, 0.1) is 0 Å². The maximum Gasteiger partial charge on any atom is 0.352 e. The molecule has 1 saturated heterocycles. The van der Waals surface area contributed by atoms with Crippen molar-refractivity contribution in [1.82, 2.24) is 30.1 Å². The van der Waals surface area contributed by atoms with Gasteiger partial charge in [0.15, 0.2) is 10.8 Å². The van der Waals surface area contributed by atoms with Crippen LogP contribution in [0.4, 0.5) is 11.1 Å². The molecule has 3 atom stereocenters. The first kappa shape index (κ1) is 32.9. The van der Waals surface area contributed by atoms with Crippen LogP contribution in [-0.2, 0) is 37.1 Å². The number of aromatic nitrogens is 4. The van der Waals surface area contributed by atoms with Crippen molar-refractivity contribution in [3.05, 3.63) is 39.6 Å². The first-order valence-corrected chi connectivity index (χ1v) is 16.1. The number of oxime groups is 1. The zero-order valence-electron chi connectivity index (χ0n) is 24.5. The van der Waals surface area contributed by atoms with Crippen molar-refractivity contribution < 1.29 is 38.8 Å². The largest absolute Gasteiger partial charge is 0.478 e. The number of thioether (sulfide) groups is 1. The third-order valence-corrected chi connectivity index (χ3v) is 9.63. The number of rotatable bonds is 13. The Morgan fingerprint density at radius 1 is 1.30 bits per heavy atom. The topological polar surface area (TPSA) is 244 Å². The lowest BCUT2D eigenvalue weighted by Gasteiger charge is -2.49. The zero-order chi connectivity index (χ0) is 33.3. The van der Waals surface area contributed by atoms with E-state index in [4.69, 9.17) is 33.0 Å². The van der Waals surface area contributed by atoms with Crippen LogP contribution in [0.15, 0.2) is 34.8 Å². The first-order valence-electron chi connectivity index (χ1n) is 13.8. The van der Waals surface area contributed by atoms with Gasteiger partial charge in [0, 0.05) is 17.9 Å². The van der Waals surface area contributed by atoms with Gasteiger partial charge in [-0.25, -0.2) is 19.1 Å². The highest BCUT2D eigenvalue weighted by Gasteiger charge is 2.54. The highest BCUT2D eigenvalue weighted by molar-refractivity contribution is 8.00. The quantitative estimate of drug-likeness (QED) is 0.0449. The fourth-order valence-electron chi connectivity index (χ4n) is 4.98. The number of imidazole rings is 1. The number of fused-ring (bicyclic) bond motifs is 2. The molecular formula is C26H30ClN10O7S2+. The second kappa shape index (κ2) is 13.5. The molecule has 46 heavy (non-hydrogen) atoms. The van der Waals surface area contributed by atoms with Gasteiger partial charge in [-0.3, -0.25) is 19.1 Å². The number of thiazole rings is 1. The average molecular weight is 694 g/mol. The molecule has 3 aromatic heterocycles. The molecule has 17 nitrogen and oxygen atoms in total. The predicted octanol–water partition coefficient (Wildman–Crippen LogP) is -0.160. The molecule has 5 rings (SSSR count). The lowest BCUT2D eigenvalue weighted by atomic mass is 10.0. The van der Waals surface area contributed by atoms with Crippen LogP contribution in [0.25, 0.3) is 11.2 Å². The number of carbonyl (C=O) groups excluding carboxylic acids is 2. The fraction of sp³-hybridized carbons (Fsp3) is 0.385. The minimum absolute atomic E-state index is 0.00982. The van der Waals surface area contributed by atoms with E-state index in [2.05, 4.69) is 25.8 Å². The molecule has 0 bridgehead atoms. The molecule has 0 aliphatic carbocycles. The van der Waals surface area contributed by atoms with E-state index in [1.165, 1.54) is 18.7 Å². The van der Waals surface area contributed by atoms with Gasteiger partial charge in [0.05, 0.1) is 6.20 Å². The number of carboxylic acids is 2. The summed E-state index contributed by atoms with van der Waals surface area (Å²) in [6, 6.07) is 2.58. The summed E-state index contributed by atoms with van der Waals surface area (Å²) in [5.74, 6) is -3.68. The number of nitrogens with two attached hydrogens (primary N) is 2. The number of carbonyl (C=O) groups is 4. The molecule has 0 saturated carbocycles. The van der Waals surface area contributed by atoms with Gasteiger partial charge in [-0.15, -0.1) is 11.8 Å². The van der Waals surface area contributed by atoms with E-state index >= 15 is 0 Å². The van der Waals surface area contributed by atoms with Crippen molar-refractivity contribution in [2.75, 3.05) is 30.8 Å². The summed E-state index contributed by atoms with van der Waals surface area (Å²) in [6.45, 7) is 2.77. The van der Waals surface area contributed by atoms with E-state index in [1.54, 1.807) is 10.8 Å². The van der Waals surface area contributed by atoms with Gasteiger partial charge in [0.2, 0.25) is 6.10 Å². The number of halogens is 1. The molecule has 0 radical (unpaired) electrons. The first-order chi connectivity index (χ1) is 21.9. The lowest BCUT2D eigenvalue weighted by Crippen LogP contribution is -2.71. The average Bonchev–Trinajstić information content (AvgIpc) is 3.52. The van der Waals surface area contributed by atoms with Crippen molar-refractivity contribution in [3.8, 4) is 0 Å². The molecule has 1 unspecified atom stereocenters. The summed E-state index contributed by atoms with van der Waals surface area (Å²) in [7, 11) is 1.87. The molecule has 244 valence electrons. The third-order valence-electron chi connectivity index (χ3n) is 7.21. The van der Waals surface area contributed by atoms with Gasteiger partial charge >= 0.3 is 23.5 Å². The molecule has 0 spiro atoms. The molecule has 3 aromatic rings. The summed E-state index contributed by atoms with van der Waals surface area (Å²) >= 11 is 8.30. The second-order valence-electron chi connectivity index (χ2n) is 10.2. The SMILES string of the molecule is CNCCCn1c(N)nc2c1ccc[n+]2CC1=C(C(=O)O)N2C(=O)[C@@H](NC(=O)/C(=N\O[C@@H](C)C(=O)O)c3nc(N)sc3Cl)C2SC1. The van der Waals surface area contributed by atoms with Crippen LogP contribution in [0.1, 0.15) is 19.0 Å². The number of pyridine rings is 1. The molecule has 0 aromatic carbocycles. The standard InChI is InChI=1S/C26H29ClN10O7S2/c1-11(23(40)41)44-34-15(14-18(27)46-26(29)32-14)20(38)31-16-21(39)37-17(24(42)43)12(10-45-22(16)37)9-35-7-3-5-13-19(35)33-25(28)36(13)8-4-6-30-2/h3,5,7,11,16,22,28,30H,4,6,8-10H2,1-2H3,(H5,29,31,32,38,40,41,42,43)/p+1/b34-15-/t11-,16+,22?/m0/s1. The minimum atomic E-state index is -1.42. The molecule has 2 amide bonds. The number of anilines is 2. The van der Waals surface area contributed by atoms with Crippen molar-refractivity contribution >= 4 is 86.4 Å². The Balaban J connectivity index is 1.38. The molecule has 5 heterocycles. The van der Waals surface area contributed by atoms with Crippen LogP contribution >= 0.6 is 34.7 Å². The van der Waals surface area contributed by atoms with Crippen LogP contribution in [0.3, 0.4) is 0 Å². The highest BCUT2D eigenvalue weighted by Crippen LogP contribution is 2.40. The molecule has 2 aliphatic heterocycles. The molecule has 1 fully saturated rings. The van der Waals surface area contributed by atoms with Crippen molar-refractivity contribution in [3.63, 3.8) is 0 Å². The summed E-state index contributed by atoms with van der Waals surface area (Å²) in [4.78, 5) is 65.0. The number of amides is 2. The summed E-state index contributed by atoms with van der Waals surface area (Å²) in [5, 5.41) is 27.9. The van der Waals surface area contributed by atoms with Gasteiger partial charge in [-0.2, -0.15) is 0 Å². The van der Waals surface area contributed by atoms with E-state index in [9.17, 15) is 24.3 Å². The molecular weight excluding hydrogens is 664 g/mol. The van der Waals surface area contributed by atoms with Crippen LogP contribution in [-0.4, -0.2) is 96.0 Å². The van der Waals surface area contributed by atoms with E-state index in [-0.39, 0.29) is 33.2 Å². The van der Waals surface area contributed by atoms with Crippen molar-refractivity contribution in [2.24, 2.45) is 5.16 Å². The Hall–Kier alpha value is -4.46. The third kappa shape index (κ3) is 6.30. The Morgan fingerprint density at radius 3 is 2.72 bits per heavy atom. The van der Waals surface area contributed by atoms with E-state index in [0.29, 0.717) is 23.7 Å².